The first-order chi connectivity index (χ1) is 11.7. The zero-order valence-corrected chi connectivity index (χ0v) is 13.8. The zero-order valence-electron chi connectivity index (χ0n) is 13.8. The van der Waals surface area contributed by atoms with E-state index in [0.29, 0.717) is 36.2 Å². The van der Waals surface area contributed by atoms with E-state index in [0.717, 1.165) is 32.7 Å². The summed E-state index contributed by atoms with van der Waals surface area (Å²) in [4.78, 5) is 8.92. The molecule has 1 aromatic carbocycles. The Morgan fingerprint density at radius 2 is 1.96 bits per heavy atom. The first-order valence-electron chi connectivity index (χ1n) is 8.10. The second kappa shape index (κ2) is 7.90. The van der Waals surface area contributed by atoms with Gasteiger partial charge in [-0.3, -0.25) is 9.80 Å². The largest absolute Gasteiger partial charge is 0.491 e. The van der Waals surface area contributed by atoms with Crippen molar-refractivity contribution < 1.29 is 9.26 Å². The zero-order chi connectivity index (χ0) is 16.8. The Hall–Kier alpha value is -2.43. The lowest BCUT2D eigenvalue weighted by atomic mass is 10.2. The van der Waals surface area contributed by atoms with Gasteiger partial charge in [0.25, 0.3) is 0 Å². The molecule has 126 valence electrons. The lowest BCUT2D eigenvalue weighted by molar-refractivity contribution is 0.104. The summed E-state index contributed by atoms with van der Waals surface area (Å²) in [6.45, 7) is 7.88. The highest BCUT2D eigenvalue weighted by atomic mass is 16.5. The molecule has 1 aliphatic heterocycles. The van der Waals surface area contributed by atoms with Crippen LogP contribution < -0.4 is 4.74 Å². The minimum absolute atomic E-state index is 0.581. The topological polar surface area (TPSA) is 78.4 Å². The van der Waals surface area contributed by atoms with Gasteiger partial charge in [0.15, 0.2) is 5.82 Å². The number of nitrogens with zero attached hydrogens (tertiary/aromatic N) is 5. The van der Waals surface area contributed by atoms with Gasteiger partial charge >= 0.3 is 0 Å². The molecule has 0 bridgehead atoms. The van der Waals surface area contributed by atoms with Crippen LogP contribution in [0.2, 0.25) is 0 Å². The smallest absolute Gasteiger partial charge is 0.240 e. The van der Waals surface area contributed by atoms with Crippen LogP contribution in [0.4, 0.5) is 0 Å². The number of nitriles is 1. The van der Waals surface area contributed by atoms with Crippen LogP contribution in [-0.4, -0.2) is 59.3 Å². The van der Waals surface area contributed by atoms with Crippen molar-refractivity contribution in [2.75, 3.05) is 39.3 Å². The summed E-state index contributed by atoms with van der Waals surface area (Å²) in [6.07, 6.45) is 0. The van der Waals surface area contributed by atoms with Crippen LogP contribution in [-0.2, 0) is 6.54 Å². The second-order valence-corrected chi connectivity index (χ2v) is 5.81. The van der Waals surface area contributed by atoms with Gasteiger partial charge in [0.05, 0.1) is 12.1 Å². The van der Waals surface area contributed by atoms with Crippen molar-refractivity contribution in [2.45, 2.75) is 13.5 Å². The van der Waals surface area contributed by atoms with Crippen LogP contribution in [0.3, 0.4) is 0 Å². The fraction of sp³-hybridized carbons (Fsp3) is 0.471. The lowest BCUT2D eigenvalue weighted by Gasteiger charge is -2.33. The van der Waals surface area contributed by atoms with Crippen molar-refractivity contribution in [1.29, 1.82) is 5.26 Å². The third-order valence-corrected chi connectivity index (χ3v) is 4.07. The fourth-order valence-electron chi connectivity index (χ4n) is 2.74. The Labute approximate surface area is 141 Å². The first-order valence-corrected chi connectivity index (χ1v) is 8.10. The molecule has 0 unspecified atom stereocenters. The summed E-state index contributed by atoms with van der Waals surface area (Å²) in [5.41, 5.74) is 0.581. The molecule has 24 heavy (non-hydrogen) atoms. The van der Waals surface area contributed by atoms with E-state index in [2.05, 4.69) is 26.0 Å². The normalized spacial score (nSPS) is 16.0. The van der Waals surface area contributed by atoms with E-state index in [4.69, 9.17) is 14.5 Å². The van der Waals surface area contributed by atoms with Gasteiger partial charge in [0.2, 0.25) is 5.89 Å². The number of aryl methyl sites for hydroxylation is 1. The third kappa shape index (κ3) is 4.31. The van der Waals surface area contributed by atoms with Crippen molar-refractivity contribution in [2.24, 2.45) is 0 Å². The Balaban J connectivity index is 1.39. The molecule has 7 nitrogen and oxygen atoms in total. The van der Waals surface area contributed by atoms with Gasteiger partial charge in [0.1, 0.15) is 18.4 Å². The Morgan fingerprint density at radius 3 is 2.67 bits per heavy atom. The molecule has 2 heterocycles. The van der Waals surface area contributed by atoms with E-state index in [1.165, 1.54) is 0 Å². The molecular formula is C17H21N5O2. The molecule has 0 amide bonds. The minimum Gasteiger partial charge on any atom is -0.491 e. The number of benzene rings is 1. The quantitative estimate of drug-likeness (QED) is 0.794. The summed E-state index contributed by atoms with van der Waals surface area (Å²) in [6, 6.07) is 9.48. The van der Waals surface area contributed by atoms with E-state index in [9.17, 15) is 0 Å². The van der Waals surface area contributed by atoms with Gasteiger partial charge in [-0.05, 0) is 19.1 Å². The summed E-state index contributed by atoms with van der Waals surface area (Å²) in [7, 11) is 0. The summed E-state index contributed by atoms with van der Waals surface area (Å²) < 4.78 is 10.9. The summed E-state index contributed by atoms with van der Waals surface area (Å²) in [5.74, 6) is 2.02. The first kappa shape index (κ1) is 16.4. The van der Waals surface area contributed by atoms with E-state index < -0.39 is 0 Å². The van der Waals surface area contributed by atoms with Crippen molar-refractivity contribution in [3.05, 3.63) is 41.5 Å². The molecule has 7 heteroatoms. The Bertz CT molecular complexity index is 701. The maximum Gasteiger partial charge on any atom is 0.240 e. The number of ether oxygens (including phenoxy) is 1. The van der Waals surface area contributed by atoms with Crippen molar-refractivity contribution in [3.63, 3.8) is 0 Å². The molecular weight excluding hydrogens is 306 g/mol. The van der Waals surface area contributed by atoms with Crippen LogP contribution in [0, 0.1) is 18.3 Å². The van der Waals surface area contributed by atoms with Crippen molar-refractivity contribution in [3.8, 4) is 11.8 Å². The Kier molecular flexibility index (Phi) is 5.41. The van der Waals surface area contributed by atoms with E-state index in [1.54, 1.807) is 6.07 Å². The molecule has 0 atom stereocenters. The standard InChI is InChI=1S/C17H21N5O2/c1-14-19-17(24-20-14)13-22-8-6-21(7-9-22)10-11-23-16-5-3-2-4-15(16)12-18/h2-5H,6-11,13H2,1H3. The molecule has 3 rings (SSSR count). The minimum atomic E-state index is 0.581. The molecule has 0 N–H and O–H groups in total. The predicted octanol–water partition coefficient (Wildman–Crippen LogP) is 1.45. The number of hydrogen-bond acceptors (Lipinski definition) is 7. The monoisotopic (exact) mass is 327 g/mol. The number of aromatic nitrogens is 2. The molecule has 0 radical (unpaired) electrons. The molecule has 1 saturated heterocycles. The molecule has 2 aromatic rings. The van der Waals surface area contributed by atoms with Gasteiger partial charge in [-0.1, -0.05) is 17.3 Å². The second-order valence-electron chi connectivity index (χ2n) is 5.81. The summed E-state index contributed by atoms with van der Waals surface area (Å²) in [5, 5.41) is 12.9. The van der Waals surface area contributed by atoms with Gasteiger partial charge in [-0.15, -0.1) is 0 Å². The highest BCUT2D eigenvalue weighted by Crippen LogP contribution is 2.16. The predicted molar refractivity (Wildman–Crippen MR) is 87.4 cm³/mol. The van der Waals surface area contributed by atoms with Gasteiger partial charge in [-0.25, -0.2) is 0 Å². The number of rotatable bonds is 6. The average molecular weight is 327 g/mol. The molecule has 1 aliphatic rings. The number of piperazine rings is 1. The summed E-state index contributed by atoms with van der Waals surface area (Å²) >= 11 is 0. The van der Waals surface area contributed by atoms with E-state index >= 15 is 0 Å². The third-order valence-electron chi connectivity index (χ3n) is 4.07. The van der Waals surface area contributed by atoms with Crippen LogP contribution in [0.5, 0.6) is 5.75 Å². The van der Waals surface area contributed by atoms with Crippen molar-refractivity contribution in [1.82, 2.24) is 19.9 Å². The van der Waals surface area contributed by atoms with Crippen LogP contribution in [0.1, 0.15) is 17.3 Å². The fourth-order valence-corrected chi connectivity index (χ4v) is 2.74. The molecule has 0 spiro atoms. The Morgan fingerprint density at radius 1 is 1.21 bits per heavy atom. The molecule has 1 fully saturated rings. The van der Waals surface area contributed by atoms with Gasteiger partial charge in [0, 0.05) is 32.7 Å². The van der Waals surface area contributed by atoms with Crippen molar-refractivity contribution >= 4 is 0 Å². The van der Waals surface area contributed by atoms with Crippen LogP contribution in [0.25, 0.3) is 0 Å². The maximum absolute atomic E-state index is 9.06. The lowest BCUT2D eigenvalue weighted by Crippen LogP contribution is -2.47. The highest BCUT2D eigenvalue weighted by molar-refractivity contribution is 5.42. The van der Waals surface area contributed by atoms with Crippen LogP contribution in [0.15, 0.2) is 28.8 Å². The van der Waals surface area contributed by atoms with Gasteiger partial charge in [-0.2, -0.15) is 10.2 Å². The van der Waals surface area contributed by atoms with Crippen LogP contribution >= 0.6 is 0 Å². The number of hydrogen-bond donors (Lipinski definition) is 0. The molecule has 0 saturated carbocycles. The van der Waals surface area contributed by atoms with E-state index in [1.807, 2.05) is 25.1 Å². The van der Waals surface area contributed by atoms with Gasteiger partial charge < -0.3 is 9.26 Å². The van der Waals surface area contributed by atoms with E-state index in [-0.39, 0.29) is 0 Å². The average Bonchev–Trinajstić information content (AvgIpc) is 3.02. The highest BCUT2D eigenvalue weighted by Gasteiger charge is 2.18. The number of para-hydroxylation sites is 1. The maximum atomic E-state index is 9.06. The molecule has 0 aliphatic carbocycles. The molecule has 1 aromatic heterocycles. The SMILES string of the molecule is Cc1noc(CN2CCN(CCOc3ccccc3C#N)CC2)n1.